The molecular weight excluding hydrogens is 420 g/mol. The number of amides is 2. The van der Waals surface area contributed by atoms with Gasteiger partial charge in [0.2, 0.25) is 0 Å². The number of aromatic nitrogens is 2. The van der Waals surface area contributed by atoms with Crippen LogP contribution in [0.25, 0.3) is 11.4 Å². The summed E-state index contributed by atoms with van der Waals surface area (Å²) in [6.45, 7) is 1.98. The lowest BCUT2D eigenvalue weighted by Crippen LogP contribution is -2.50. The summed E-state index contributed by atoms with van der Waals surface area (Å²) in [7, 11) is 0. The molecule has 1 fully saturated rings. The normalized spacial score (nSPS) is 13.7. The van der Waals surface area contributed by atoms with Gasteiger partial charge in [0.1, 0.15) is 17.2 Å². The lowest BCUT2D eigenvalue weighted by Gasteiger charge is -2.36. The molecule has 32 heavy (non-hydrogen) atoms. The van der Waals surface area contributed by atoms with Gasteiger partial charge in [-0.2, -0.15) is 0 Å². The van der Waals surface area contributed by atoms with Crippen LogP contribution in [0.3, 0.4) is 0 Å². The van der Waals surface area contributed by atoms with Crippen LogP contribution in [0.5, 0.6) is 0 Å². The van der Waals surface area contributed by atoms with Crippen molar-refractivity contribution in [2.45, 2.75) is 0 Å². The Kier molecular flexibility index (Phi) is 5.93. The van der Waals surface area contributed by atoms with Crippen molar-refractivity contribution in [1.82, 2.24) is 14.9 Å². The Bertz CT molecular complexity index is 1110. The Hall–Kier alpha value is -4.08. The Morgan fingerprint density at radius 1 is 0.938 bits per heavy atom. The zero-order chi connectivity index (χ0) is 22.7. The molecule has 2 N–H and O–H groups in total. The fraction of sp³-hybridized carbons (Fsp3) is 0.182. The van der Waals surface area contributed by atoms with E-state index < -0.39 is 29.2 Å². The van der Waals surface area contributed by atoms with Gasteiger partial charge < -0.3 is 20.2 Å². The molecule has 10 heteroatoms. The molecule has 3 aromatic rings. The van der Waals surface area contributed by atoms with E-state index in [9.17, 15) is 18.4 Å². The highest BCUT2D eigenvalue weighted by Crippen LogP contribution is 2.23. The summed E-state index contributed by atoms with van der Waals surface area (Å²) in [5.74, 6) is -3.56. The number of benzene rings is 2. The minimum atomic E-state index is -1.71. The van der Waals surface area contributed by atoms with Crippen LogP contribution >= 0.6 is 0 Å². The third kappa shape index (κ3) is 4.48. The average Bonchev–Trinajstić information content (AvgIpc) is 2.79. The molecule has 164 valence electrons. The summed E-state index contributed by atoms with van der Waals surface area (Å²) >= 11 is 0. The van der Waals surface area contributed by atoms with Crippen LogP contribution < -0.4 is 10.2 Å². The molecule has 1 aliphatic heterocycles. The van der Waals surface area contributed by atoms with Gasteiger partial charge in [-0.3, -0.25) is 0 Å². The topological polar surface area (TPSA) is 98.7 Å². The van der Waals surface area contributed by atoms with Crippen molar-refractivity contribution < 1.29 is 23.5 Å². The molecule has 0 radical (unpaired) electrons. The molecule has 1 aromatic heterocycles. The molecule has 0 spiro atoms. The predicted molar refractivity (Wildman–Crippen MR) is 114 cm³/mol. The monoisotopic (exact) mass is 439 g/mol. The number of nitrogens with zero attached hydrogens (tertiary/aromatic N) is 4. The van der Waals surface area contributed by atoms with E-state index in [1.54, 1.807) is 18.5 Å². The van der Waals surface area contributed by atoms with Crippen LogP contribution in [0, 0.1) is 11.6 Å². The van der Waals surface area contributed by atoms with E-state index >= 15 is 0 Å². The van der Waals surface area contributed by atoms with Crippen LogP contribution in [0.1, 0.15) is 10.4 Å². The number of aromatic carboxylic acids is 1. The summed E-state index contributed by atoms with van der Waals surface area (Å²) in [5.41, 5.74) is 0.705. The maximum Gasteiger partial charge on any atom is 0.341 e. The number of piperazine rings is 1. The summed E-state index contributed by atoms with van der Waals surface area (Å²) in [4.78, 5) is 35.5. The van der Waals surface area contributed by atoms with E-state index in [0.29, 0.717) is 32.0 Å². The van der Waals surface area contributed by atoms with E-state index in [2.05, 4.69) is 20.2 Å². The largest absolute Gasteiger partial charge is 0.477 e. The van der Waals surface area contributed by atoms with E-state index in [4.69, 9.17) is 5.11 Å². The summed E-state index contributed by atoms with van der Waals surface area (Å²) in [6.07, 6.45) is 3.37. The first-order valence-electron chi connectivity index (χ1n) is 9.83. The van der Waals surface area contributed by atoms with E-state index in [1.807, 2.05) is 24.3 Å². The van der Waals surface area contributed by atoms with Crippen LogP contribution in [0.2, 0.25) is 0 Å². The van der Waals surface area contributed by atoms with Crippen LogP contribution in [0.15, 0.2) is 54.9 Å². The van der Waals surface area contributed by atoms with Crippen molar-refractivity contribution in [3.63, 3.8) is 0 Å². The third-order valence-electron chi connectivity index (χ3n) is 5.13. The van der Waals surface area contributed by atoms with Crippen molar-refractivity contribution >= 4 is 23.4 Å². The SMILES string of the molecule is O=C(O)c1c(F)cc(NC(=O)N2CCN(c3ccc(-c4ncccn4)cc3)CC2)cc1F. The number of carboxylic acid groups (broad SMARTS) is 1. The van der Waals surface area contributed by atoms with Gasteiger partial charge in [-0.25, -0.2) is 28.3 Å². The summed E-state index contributed by atoms with van der Waals surface area (Å²) in [5, 5.41) is 11.3. The maximum absolute atomic E-state index is 13.8. The molecule has 0 saturated carbocycles. The average molecular weight is 439 g/mol. The van der Waals surface area contributed by atoms with E-state index in [1.165, 1.54) is 4.90 Å². The van der Waals surface area contributed by atoms with Crippen molar-refractivity contribution in [2.24, 2.45) is 0 Å². The Morgan fingerprint density at radius 2 is 1.53 bits per heavy atom. The Balaban J connectivity index is 1.35. The first-order valence-corrected chi connectivity index (χ1v) is 9.83. The zero-order valence-corrected chi connectivity index (χ0v) is 16.8. The highest BCUT2D eigenvalue weighted by atomic mass is 19.1. The molecule has 0 unspecified atom stereocenters. The van der Waals surface area contributed by atoms with Crippen LogP contribution in [-0.2, 0) is 0 Å². The predicted octanol–water partition coefficient (Wildman–Crippen LogP) is 3.47. The molecule has 8 nitrogen and oxygen atoms in total. The number of carboxylic acids is 1. The van der Waals surface area contributed by atoms with Gasteiger partial charge in [0, 0.05) is 55.5 Å². The molecule has 2 heterocycles. The van der Waals surface area contributed by atoms with Gasteiger partial charge in [0.05, 0.1) is 0 Å². The number of urea groups is 1. The molecule has 1 saturated heterocycles. The van der Waals surface area contributed by atoms with Gasteiger partial charge in [-0.15, -0.1) is 0 Å². The quantitative estimate of drug-likeness (QED) is 0.646. The van der Waals surface area contributed by atoms with Crippen LogP contribution in [0.4, 0.5) is 25.0 Å². The second-order valence-electron chi connectivity index (χ2n) is 7.14. The number of hydrogen-bond donors (Lipinski definition) is 2. The number of carbonyl (C=O) groups excluding carboxylic acids is 1. The highest BCUT2D eigenvalue weighted by Gasteiger charge is 2.23. The number of nitrogens with one attached hydrogen (secondary N) is 1. The lowest BCUT2D eigenvalue weighted by molar-refractivity contribution is 0.0686. The molecular formula is C22H19F2N5O3. The Labute approximate surface area is 182 Å². The van der Waals surface area contributed by atoms with E-state index in [0.717, 1.165) is 23.4 Å². The number of hydrogen-bond acceptors (Lipinski definition) is 5. The van der Waals surface area contributed by atoms with Gasteiger partial charge in [0.15, 0.2) is 5.82 Å². The number of carbonyl (C=O) groups is 2. The van der Waals surface area contributed by atoms with Crippen molar-refractivity contribution in [3.8, 4) is 11.4 Å². The zero-order valence-electron chi connectivity index (χ0n) is 16.8. The standard InChI is InChI=1S/C22H19F2N5O3/c23-17-12-15(13-18(24)19(17)21(30)31)27-22(32)29-10-8-28(9-11-29)16-4-2-14(3-5-16)20-25-6-1-7-26-20/h1-7,12-13H,8-11H2,(H,27,32)(H,30,31). The van der Waals surface area contributed by atoms with Gasteiger partial charge in [0.25, 0.3) is 0 Å². The smallest absolute Gasteiger partial charge is 0.341 e. The fourth-order valence-electron chi connectivity index (χ4n) is 3.49. The molecule has 2 amide bonds. The second kappa shape index (κ2) is 8.96. The van der Waals surface area contributed by atoms with Gasteiger partial charge in [-0.05, 0) is 42.5 Å². The second-order valence-corrected chi connectivity index (χ2v) is 7.14. The first kappa shape index (κ1) is 21.2. The lowest BCUT2D eigenvalue weighted by atomic mass is 10.1. The molecule has 4 rings (SSSR count). The molecule has 1 aliphatic rings. The molecule has 0 aliphatic carbocycles. The number of halogens is 2. The van der Waals surface area contributed by atoms with Gasteiger partial charge >= 0.3 is 12.0 Å². The third-order valence-corrected chi connectivity index (χ3v) is 5.13. The van der Waals surface area contributed by atoms with Gasteiger partial charge in [-0.1, -0.05) is 0 Å². The highest BCUT2D eigenvalue weighted by molar-refractivity contribution is 5.92. The first-order chi connectivity index (χ1) is 15.4. The number of anilines is 2. The minimum absolute atomic E-state index is 0.142. The minimum Gasteiger partial charge on any atom is -0.477 e. The number of rotatable bonds is 4. The van der Waals surface area contributed by atoms with Crippen LogP contribution in [-0.4, -0.2) is 58.2 Å². The van der Waals surface area contributed by atoms with Crippen molar-refractivity contribution in [3.05, 3.63) is 72.1 Å². The fourth-order valence-corrected chi connectivity index (χ4v) is 3.49. The van der Waals surface area contributed by atoms with Crippen molar-refractivity contribution in [1.29, 1.82) is 0 Å². The summed E-state index contributed by atoms with van der Waals surface area (Å²) < 4.78 is 27.7. The maximum atomic E-state index is 13.8. The Morgan fingerprint density at radius 3 is 2.09 bits per heavy atom. The molecule has 0 atom stereocenters. The molecule has 0 bridgehead atoms. The van der Waals surface area contributed by atoms with E-state index in [-0.39, 0.29) is 5.69 Å². The summed E-state index contributed by atoms with van der Waals surface area (Å²) in [6, 6.07) is 10.6. The van der Waals surface area contributed by atoms with Crippen molar-refractivity contribution in [2.75, 3.05) is 36.4 Å². The molecule has 2 aromatic carbocycles.